The van der Waals surface area contributed by atoms with Crippen molar-refractivity contribution in [2.75, 3.05) is 19.7 Å². The third-order valence-electron chi connectivity index (χ3n) is 3.16. The Morgan fingerprint density at radius 1 is 1.32 bits per heavy atom. The normalized spacial score (nSPS) is 16.5. The van der Waals surface area contributed by atoms with Gasteiger partial charge in [-0.2, -0.15) is 0 Å². The van der Waals surface area contributed by atoms with Gasteiger partial charge in [0.1, 0.15) is 18.2 Å². The quantitative estimate of drug-likeness (QED) is 0.886. The van der Waals surface area contributed by atoms with E-state index in [1.54, 1.807) is 0 Å². The highest BCUT2D eigenvalue weighted by Gasteiger charge is 2.16. The van der Waals surface area contributed by atoms with Gasteiger partial charge >= 0.3 is 0 Å². The molecule has 19 heavy (non-hydrogen) atoms. The molecule has 0 spiro atoms. The largest absolute Gasteiger partial charge is 0.370 e. The minimum Gasteiger partial charge on any atom is -0.370 e. The number of rotatable bonds is 5. The van der Waals surface area contributed by atoms with Crippen molar-refractivity contribution < 1.29 is 18.3 Å². The first kappa shape index (κ1) is 14.1. The standard InChI is InChI=1S/C14H17F2NO2/c15-11-1-2-14(16)10(7-11)8-12(18)9-19-13-3-5-17-6-4-13/h1-2,7,13,17H,3-6,8-9H2. The molecule has 1 saturated heterocycles. The maximum atomic E-state index is 13.4. The van der Waals surface area contributed by atoms with Crippen molar-refractivity contribution in [3.05, 3.63) is 35.4 Å². The first-order valence-electron chi connectivity index (χ1n) is 6.43. The third-order valence-corrected chi connectivity index (χ3v) is 3.16. The Morgan fingerprint density at radius 3 is 2.79 bits per heavy atom. The smallest absolute Gasteiger partial charge is 0.162 e. The Hall–Kier alpha value is -1.33. The van der Waals surface area contributed by atoms with Gasteiger partial charge in [0, 0.05) is 6.42 Å². The zero-order valence-corrected chi connectivity index (χ0v) is 10.6. The number of benzene rings is 1. The first-order chi connectivity index (χ1) is 9.15. The van der Waals surface area contributed by atoms with Crippen LogP contribution in [0.3, 0.4) is 0 Å². The summed E-state index contributed by atoms with van der Waals surface area (Å²) in [5.41, 5.74) is 0.0823. The molecule has 0 atom stereocenters. The molecule has 1 heterocycles. The molecule has 1 fully saturated rings. The molecular formula is C14H17F2NO2. The van der Waals surface area contributed by atoms with Crippen molar-refractivity contribution in [3.8, 4) is 0 Å². The molecule has 1 aliphatic rings. The summed E-state index contributed by atoms with van der Waals surface area (Å²) in [5.74, 6) is -1.33. The summed E-state index contributed by atoms with van der Waals surface area (Å²) < 4.78 is 31.8. The Bertz CT molecular complexity index is 445. The van der Waals surface area contributed by atoms with E-state index >= 15 is 0 Å². The lowest BCUT2D eigenvalue weighted by Crippen LogP contribution is -2.33. The van der Waals surface area contributed by atoms with Crippen LogP contribution in [0.4, 0.5) is 8.78 Å². The molecule has 104 valence electrons. The van der Waals surface area contributed by atoms with Gasteiger partial charge in [-0.05, 0) is 49.7 Å². The number of piperidine rings is 1. The zero-order valence-electron chi connectivity index (χ0n) is 10.6. The monoisotopic (exact) mass is 269 g/mol. The predicted molar refractivity (Wildman–Crippen MR) is 66.9 cm³/mol. The number of hydrogen-bond donors (Lipinski definition) is 1. The molecule has 1 aromatic rings. The molecule has 3 nitrogen and oxygen atoms in total. The Morgan fingerprint density at radius 2 is 2.05 bits per heavy atom. The number of Topliss-reactive ketones (excluding diaryl/α,β-unsaturated/α-hetero) is 1. The van der Waals surface area contributed by atoms with E-state index in [9.17, 15) is 13.6 Å². The molecular weight excluding hydrogens is 252 g/mol. The second-order valence-electron chi connectivity index (χ2n) is 4.71. The molecule has 0 aliphatic carbocycles. The Labute approximate surface area is 111 Å². The second-order valence-corrected chi connectivity index (χ2v) is 4.71. The molecule has 0 amide bonds. The van der Waals surface area contributed by atoms with Crippen LogP contribution in [0.25, 0.3) is 0 Å². The minimum absolute atomic E-state index is 0.0411. The highest BCUT2D eigenvalue weighted by atomic mass is 19.1. The summed E-state index contributed by atoms with van der Waals surface area (Å²) in [6, 6.07) is 3.12. The van der Waals surface area contributed by atoms with Crippen molar-refractivity contribution in [1.29, 1.82) is 0 Å². The molecule has 1 aliphatic heterocycles. The van der Waals surface area contributed by atoms with Crippen LogP contribution in [-0.4, -0.2) is 31.6 Å². The topological polar surface area (TPSA) is 38.3 Å². The SMILES string of the molecule is O=C(COC1CCNCC1)Cc1cc(F)ccc1F. The lowest BCUT2D eigenvalue weighted by Gasteiger charge is -2.22. The van der Waals surface area contributed by atoms with Crippen LogP contribution in [-0.2, 0) is 16.0 Å². The van der Waals surface area contributed by atoms with E-state index in [1.165, 1.54) is 0 Å². The second kappa shape index (κ2) is 6.73. The predicted octanol–water partition coefficient (Wildman–Crippen LogP) is 1.85. The number of hydrogen-bond acceptors (Lipinski definition) is 3. The Kier molecular flexibility index (Phi) is 4.99. The zero-order chi connectivity index (χ0) is 13.7. The number of nitrogens with one attached hydrogen (secondary N) is 1. The molecule has 0 radical (unpaired) electrons. The van der Waals surface area contributed by atoms with E-state index in [0.29, 0.717) is 0 Å². The van der Waals surface area contributed by atoms with Gasteiger partial charge in [0.15, 0.2) is 5.78 Å². The van der Waals surface area contributed by atoms with Gasteiger partial charge in [-0.25, -0.2) is 8.78 Å². The van der Waals surface area contributed by atoms with E-state index in [1.807, 2.05) is 0 Å². The number of carbonyl (C=O) groups excluding carboxylic acids is 1. The van der Waals surface area contributed by atoms with Crippen molar-refractivity contribution in [2.45, 2.75) is 25.4 Å². The van der Waals surface area contributed by atoms with Crippen molar-refractivity contribution in [3.63, 3.8) is 0 Å². The number of carbonyl (C=O) groups is 1. The lowest BCUT2D eigenvalue weighted by molar-refractivity contribution is -0.125. The molecule has 1 N–H and O–H groups in total. The van der Waals surface area contributed by atoms with Crippen LogP contribution in [0.15, 0.2) is 18.2 Å². The fraction of sp³-hybridized carbons (Fsp3) is 0.500. The average molecular weight is 269 g/mol. The van der Waals surface area contributed by atoms with Gasteiger partial charge in [-0.15, -0.1) is 0 Å². The number of halogens is 2. The van der Waals surface area contributed by atoms with E-state index < -0.39 is 11.6 Å². The molecule has 1 aromatic carbocycles. The molecule has 5 heteroatoms. The molecule has 0 saturated carbocycles. The van der Waals surface area contributed by atoms with E-state index in [-0.39, 0.29) is 30.5 Å². The molecule has 0 bridgehead atoms. The van der Waals surface area contributed by atoms with E-state index in [0.717, 1.165) is 44.1 Å². The van der Waals surface area contributed by atoms with Gasteiger partial charge in [0.2, 0.25) is 0 Å². The summed E-state index contributed by atoms with van der Waals surface area (Å²) >= 11 is 0. The summed E-state index contributed by atoms with van der Waals surface area (Å²) in [6.07, 6.45) is 1.71. The fourth-order valence-corrected chi connectivity index (χ4v) is 2.12. The summed E-state index contributed by atoms with van der Waals surface area (Å²) in [4.78, 5) is 11.7. The van der Waals surface area contributed by atoms with Crippen LogP contribution >= 0.6 is 0 Å². The van der Waals surface area contributed by atoms with Crippen LogP contribution in [0.5, 0.6) is 0 Å². The van der Waals surface area contributed by atoms with Crippen molar-refractivity contribution >= 4 is 5.78 Å². The summed E-state index contributed by atoms with van der Waals surface area (Å²) in [7, 11) is 0. The maximum Gasteiger partial charge on any atom is 0.162 e. The highest BCUT2D eigenvalue weighted by Crippen LogP contribution is 2.12. The van der Waals surface area contributed by atoms with Gasteiger partial charge in [0.05, 0.1) is 6.10 Å². The number of ketones is 1. The van der Waals surface area contributed by atoms with Crippen molar-refractivity contribution in [2.24, 2.45) is 0 Å². The van der Waals surface area contributed by atoms with E-state index in [4.69, 9.17) is 4.74 Å². The Balaban J connectivity index is 1.81. The van der Waals surface area contributed by atoms with Gasteiger partial charge in [-0.3, -0.25) is 4.79 Å². The van der Waals surface area contributed by atoms with Crippen LogP contribution in [0.2, 0.25) is 0 Å². The van der Waals surface area contributed by atoms with Gasteiger partial charge in [0.25, 0.3) is 0 Å². The molecule has 2 rings (SSSR count). The number of ether oxygens (including phenoxy) is 1. The van der Waals surface area contributed by atoms with Crippen molar-refractivity contribution in [1.82, 2.24) is 5.32 Å². The van der Waals surface area contributed by atoms with Gasteiger partial charge < -0.3 is 10.1 Å². The molecule has 0 aromatic heterocycles. The van der Waals surface area contributed by atoms with Crippen LogP contribution in [0.1, 0.15) is 18.4 Å². The fourth-order valence-electron chi connectivity index (χ4n) is 2.12. The van der Waals surface area contributed by atoms with Crippen LogP contribution in [0, 0.1) is 11.6 Å². The van der Waals surface area contributed by atoms with Crippen LogP contribution < -0.4 is 5.32 Å². The molecule has 0 unspecified atom stereocenters. The maximum absolute atomic E-state index is 13.4. The first-order valence-corrected chi connectivity index (χ1v) is 6.43. The minimum atomic E-state index is -0.559. The summed E-state index contributed by atoms with van der Waals surface area (Å²) in [6.45, 7) is 1.73. The van der Waals surface area contributed by atoms with E-state index in [2.05, 4.69) is 5.32 Å². The average Bonchev–Trinajstić information content (AvgIpc) is 2.42. The third kappa shape index (κ3) is 4.36. The van der Waals surface area contributed by atoms with Gasteiger partial charge in [-0.1, -0.05) is 0 Å². The summed E-state index contributed by atoms with van der Waals surface area (Å²) in [5, 5.41) is 3.20. The lowest BCUT2D eigenvalue weighted by atomic mass is 10.1. The highest BCUT2D eigenvalue weighted by molar-refractivity contribution is 5.82.